The van der Waals surface area contributed by atoms with Gasteiger partial charge in [-0.25, -0.2) is 4.39 Å². The predicted octanol–water partition coefficient (Wildman–Crippen LogP) is 4.02. The molecule has 0 aliphatic rings. The summed E-state index contributed by atoms with van der Waals surface area (Å²) < 4.78 is 13.3. The summed E-state index contributed by atoms with van der Waals surface area (Å²) >= 11 is 0. The maximum atomic E-state index is 13.3. The summed E-state index contributed by atoms with van der Waals surface area (Å²) in [5.74, 6) is 0.612. The van der Waals surface area contributed by atoms with E-state index in [0.29, 0.717) is 6.54 Å². The minimum atomic E-state index is -0.187. The van der Waals surface area contributed by atoms with Gasteiger partial charge in [-0.2, -0.15) is 5.10 Å². The van der Waals surface area contributed by atoms with Crippen molar-refractivity contribution in [3.8, 4) is 0 Å². The first-order chi connectivity index (χ1) is 9.93. The maximum Gasteiger partial charge on any atom is 0.152 e. The Hall–Kier alpha value is -1.97. The monoisotopic (exact) mass is 287 g/mol. The van der Waals surface area contributed by atoms with E-state index in [1.807, 2.05) is 13.8 Å². The molecule has 0 bridgehead atoms. The van der Waals surface area contributed by atoms with Crippen molar-refractivity contribution in [3.05, 3.63) is 51.5 Å². The number of aromatic nitrogens is 2. The van der Waals surface area contributed by atoms with Gasteiger partial charge in [0.05, 0.1) is 5.69 Å². The molecule has 1 aromatic heterocycles. The van der Waals surface area contributed by atoms with E-state index in [0.717, 1.165) is 40.2 Å². The number of anilines is 1. The summed E-state index contributed by atoms with van der Waals surface area (Å²) in [6.45, 7) is 10.7. The molecule has 0 aliphatic carbocycles. The molecule has 0 aliphatic heterocycles. The number of rotatable bonds is 4. The third-order valence-corrected chi connectivity index (χ3v) is 4.05. The Bertz CT molecular complexity index is 642. The highest BCUT2D eigenvalue weighted by Crippen LogP contribution is 2.21. The Labute approximate surface area is 125 Å². The van der Waals surface area contributed by atoms with Crippen LogP contribution in [0.3, 0.4) is 0 Å². The van der Waals surface area contributed by atoms with Crippen LogP contribution in [0.2, 0.25) is 0 Å². The zero-order valence-electron chi connectivity index (χ0n) is 13.3. The van der Waals surface area contributed by atoms with Gasteiger partial charge in [-0.1, -0.05) is 6.92 Å². The zero-order valence-corrected chi connectivity index (χ0v) is 13.3. The van der Waals surface area contributed by atoms with Crippen LogP contribution >= 0.6 is 0 Å². The zero-order chi connectivity index (χ0) is 15.6. The first-order valence-electron chi connectivity index (χ1n) is 7.26. The molecule has 3 nitrogen and oxygen atoms in total. The van der Waals surface area contributed by atoms with Gasteiger partial charge >= 0.3 is 0 Å². The van der Waals surface area contributed by atoms with Crippen LogP contribution < -0.4 is 5.32 Å². The molecule has 4 heteroatoms. The van der Waals surface area contributed by atoms with Crippen LogP contribution in [-0.2, 0) is 13.0 Å². The first-order valence-corrected chi connectivity index (χ1v) is 7.26. The molecule has 0 fully saturated rings. The third-order valence-electron chi connectivity index (χ3n) is 4.05. The minimum Gasteiger partial charge on any atom is -0.364 e. The highest BCUT2D eigenvalue weighted by atomic mass is 19.1. The molecule has 1 heterocycles. The fourth-order valence-electron chi connectivity index (χ4n) is 2.55. The quantitative estimate of drug-likeness (QED) is 0.922. The molecular formula is C17H22FN3. The molecule has 0 unspecified atom stereocenters. The van der Waals surface area contributed by atoms with E-state index in [4.69, 9.17) is 0 Å². The van der Waals surface area contributed by atoms with Crippen LogP contribution in [0.25, 0.3) is 0 Å². The van der Waals surface area contributed by atoms with Crippen molar-refractivity contribution in [3.63, 3.8) is 0 Å². The average Bonchev–Trinajstić information content (AvgIpc) is 2.42. The van der Waals surface area contributed by atoms with Crippen LogP contribution in [-0.4, -0.2) is 10.2 Å². The van der Waals surface area contributed by atoms with Gasteiger partial charge in [0.25, 0.3) is 0 Å². The Morgan fingerprint density at radius 2 is 1.62 bits per heavy atom. The van der Waals surface area contributed by atoms with Crippen LogP contribution in [0.5, 0.6) is 0 Å². The Kier molecular flexibility index (Phi) is 4.56. The summed E-state index contributed by atoms with van der Waals surface area (Å²) in [7, 11) is 0. The summed E-state index contributed by atoms with van der Waals surface area (Å²) in [4.78, 5) is 0. The Balaban J connectivity index is 2.23. The van der Waals surface area contributed by atoms with Crippen molar-refractivity contribution in [2.24, 2.45) is 0 Å². The molecule has 2 rings (SSSR count). The van der Waals surface area contributed by atoms with Crippen molar-refractivity contribution < 1.29 is 4.39 Å². The van der Waals surface area contributed by atoms with Gasteiger partial charge in [0.1, 0.15) is 5.82 Å². The van der Waals surface area contributed by atoms with Crippen molar-refractivity contribution >= 4 is 5.82 Å². The lowest BCUT2D eigenvalue weighted by Gasteiger charge is -2.14. The second-order valence-electron chi connectivity index (χ2n) is 5.47. The fourth-order valence-corrected chi connectivity index (χ4v) is 2.55. The van der Waals surface area contributed by atoms with Crippen LogP contribution in [0.15, 0.2) is 12.1 Å². The number of halogens is 1. The second kappa shape index (κ2) is 6.20. The number of nitrogens with one attached hydrogen (secondary N) is 1. The number of hydrogen-bond donors (Lipinski definition) is 1. The van der Waals surface area contributed by atoms with Gasteiger partial charge in [0.15, 0.2) is 5.82 Å². The summed E-state index contributed by atoms with van der Waals surface area (Å²) in [6.07, 6.45) is 0.885. The predicted molar refractivity (Wildman–Crippen MR) is 84.1 cm³/mol. The van der Waals surface area contributed by atoms with Crippen LogP contribution in [0.4, 0.5) is 10.2 Å². The van der Waals surface area contributed by atoms with Gasteiger partial charge in [-0.05, 0) is 74.1 Å². The fraction of sp³-hybridized carbons (Fsp3) is 0.412. The van der Waals surface area contributed by atoms with Gasteiger partial charge in [0.2, 0.25) is 0 Å². The number of hydrogen-bond acceptors (Lipinski definition) is 3. The molecule has 0 atom stereocenters. The molecule has 0 radical (unpaired) electrons. The second-order valence-corrected chi connectivity index (χ2v) is 5.47. The molecule has 0 saturated carbocycles. The molecule has 21 heavy (non-hydrogen) atoms. The topological polar surface area (TPSA) is 37.8 Å². The van der Waals surface area contributed by atoms with Crippen molar-refractivity contribution in [2.45, 2.75) is 47.6 Å². The summed E-state index contributed by atoms with van der Waals surface area (Å²) in [6, 6.07) is 3.13. The lowest BCUT2D eigenvalue weighted by Crippen LogP contribution is -2.10. The largest absolute Gasteiger partial charge is 0.364 e. The highest BCUT2D eigenvalue weighted by Gasteiger charge is 2.10. The van der Waals surface area contributed by atoms with Crippen LogP contribution in [0.1, 0.15) is 40.4 Å². The van der Waals surface area contributed by atoms with Crippen molar-refractivity contribution in [1.29, 1.82) is 0 Å². The molecule has 2 aromatic rings. The molecule has 112 valence electrons. The van der Waals surface area contributed by atoms with E-state index < -0.39 is 0 Å². The lowest BCUT2D eigenvalue weighted by molar-refractivity contribution is 0.624. The summed E-state index contributed by atoms with van der Waals surface area (Å²) in [5, 5.41) is 11.8. The molecular weight excluding hydrogens is 265 g/mol. The van der Waals surface area contributed by atoms with E-state index >= 15 is 0 Å². The van der Waals surface area contributed by atoms with E-state index in [2.05, 4.69) is 36.3 Å². The number of benzene rings is 1. The van der Waals surface area contributed by atoms with Crippen LogP contribution in [0, 0.1) is 33.5 Å². The first kappa shape index (κ1) is 15.4. The van der Waals surface area contributed by atoms with Gasteiger partial charge < -0.3 is 5.32 Å². The van der Waals surface area contributed by atoms with Crippen molar-refractivity contribution in [2.75, 3.05) is 5.32 Å². The Morgan fingerprint density at radius 3 is 2.19 bits per heavy atom. The maximum absolute atomic E-state index is 13.3. The van der Waals surface area contributed by atoms with Gasteiger partial charge in [0, 0.05) is 6.54 Å². The van der Waals surface area contributed by atoms with E-state index in [1.54, 1.807) is 12.1 Å². The minimum absolute atomic E-state index is 0.187. The highest BCUT2D eigenvalue weighted by molar-refractivity contribution is 5.49. The lowest BCUT2D eigenvalue weighted by atomic mass is 10.0. The standard InChI is InChI=1S/C17H22FN3/c1-6-16-12(4)13(5)17(21-20-16)19-9-15-10(2)7-14(18)8-11(15)3/h7-8H,6,9H2,1-5H3,(H,19,21). The normalized spacial score (nSPS) is 10.8. The van der Waals surface area contributed by atoms with E-state index in [1.165, 1.54) is 5.56 Å². The third kappa shape index (κ3) is 3.20. The summed E-state index contributed by atoms with van der Waals surface area (Å²) in [5.41, 5.74) is 6.35. The van der Waals surface area contributed by atoms with E-state index in [-0.39, 0.29) is 5.82 Å². The smallest absolute Gasteiger partial charge is 0.152 e. The molecule has 1 N–H and O–H groups in total. The van der Waals surface area contributed by atoms with Crippen molar-refractivity contribution in [1.82, 2.24) is 10.2 Å². The number of aryl methyl sites for hydroxylation is 3. The van der Waals surface area contributed by atoms with Gasteiger partial charge in [-0.15, -0.1) is 5.10 Å². The molecule has 1 aromatic carbocycles. The molecule has 0 spiro atoms. The molecule has 0 saturated heterocycles. The molecule has 0 amide bonds. The van der Waals surface area contributed by atoms with Gasteiger partial charge in [-0.3, -0.25) is 0 Å². The number of nitrogens with zero attached hydrogens (tertiary/aromatic N) is 2. The average molecular weight is 287 g/mol. The SMILES string of the molecule is CCc1nnc(NCc2c(C)cc(F)cc2C)c(C)c1C. The van der Waals surface area contributed by atoms with E-state index in [9.17, 15) is 4.39 Å². The Morgan fingerprint density at radius 1 is 1.00 bits per heavy atom.